The number of hydrogen-bond acceptors (Lipinski definition) is 6. The van der Waals surface area contributed by atoms with Gasteiger partial charge in [-0.1, -0.05) is 13.3 Å². The predicted octanol–water partition coefficient (Wildman–Crippen LogP) is 5.53. The smallest absolute Gasteiger partial charge is 0.286 e. The molecule has 188 valence electrons. The maximum atomic E-state index is 13.9. The van der Waals surface area contributed by atoms with E-state index in [-0.39, 0.29) is 37.4 Å². The zero-order valence-electron chi connectivity index (χ0n) is 20.2. The monoisotopic (exact) mass is 483 g/mol. The maximum absolute atomic E-state index is 13.9. The molecular formula is C24H33F4N5O. The maximum Gasteiger partial charge on any atom is 0.286 e. The van der Waals surface area contributed by atoms with Crippen molar-refractivity contribution in [3.63, 3.8) is 0 Å². The quantitative estimate of drug-likeness (QED) is 0.233. The molecule has 0 saturated heterocycles. The number of halogens is 4. The number of Topliss-reactive ketones (excluding diaryl/α,β-unsaturated/α-hetero) is 1. The van der Waals surface area contributed by atoms with Gasteiger partial charge in [0.15, 0.2) is 5.78 Å². The fourth-order valence-electron chi connectivity index (χ4n) is 3.75. The summed E-state index contributed by atoms with van der Waals surface area (Å²) in [7, 11) is 0. The van der Waals surface area contributed by atoms with Crippen molar-refractivity contribution in [3.05, 3.63) is 34.8 Å². The summed E-state index contributed by atoms with van der Waals surface area (Å²) < 4.78 is 54.7. The van der Waals surface area contributed by atoms with E-state index in [2.05, 4.69) is 15.3 Å². The summed E-state index contributed by atoms with van der Waals surface area (Å²) in [6, 6.07) is 1.60. The first-order valence-electron chi connectivity index (χ1n) is 11.4. The Hall–Kier alpha value is -2.62. The predicted molar refractivity (Wildman–Crippen MR) is 127 cm³/mol. The van der Waals surface area contributed by atoms with Crippen molar-refractivity contribution in [2.45, 2.75) is 71.8 Å². The minimum absolute atomic E-state index is 0.0654. The Balaban J connectivity index is 2.22. The van der Waals surface area contributed by atoms with Gasteiger partial charge in [-0.15, -0.1) is 0 Å². The minimum atomic E-state index is -3.27. The number of aliphatic imine (C=N–C) groups is 1. The molecule has 0 radical (unpaired) electrons. The highest BCUT2D eigenvalue weighted by atomic mass is 19.3. The molecule has 1 aliphatic heterocycles. The summed E-state index contributed by atoms with van der Waals surface area (Å²) in [6.07, 6.45) is 3.01. The fraction of sp³-hybridized carbons (Fsp3) is 0.583. The van der Waals surface area contributed by atoms with Crippen molar-refractivity contribution in [1.82, 2.24) is 9.88 Å². The van der Waals surface area contributed by atoms with Crippen molar-refractivity contribution in [3.8, 4) is 0 Å². The minimum Gasteiger partial charge on any atom is -0.384 e. The van der Waals surface area contributed by atoms with E-state index >= 15 is 0 Å². The number of ketones is 1. The number of carbonyl (C=O) groups is 1. The topological polar surface area (TPSA) is 81.4 Å². The normalized spacial score (nSPS) is 15.5. The second kappa shape index (κ2) is 11.7. The van der Waals surface area contributed by atoms with Crippen molar-refractivity contribution in [2.24, 2.45) is 4.99 Å². The molecule has 10 heteroatoms. The number of nitrogens with zero attached hydrogens (tertiary/aromatic N) is 3. The molecule has 0 amide bonds. The van der Waals surface area contributed by atoms with Crippen molar-refractivity contribution in [1.29, 1.82) is 5.41 Å². The largest absolute Gasteiger partial charge is 0.384 e. The average molecular weight is 484 g/mol. The van der Waals surface area contributed by atoms with Gasteiger partial charge in [-0.25, -0.2) is 13.8 Å². The molecule has 0 fully saturated rings. The van der Waals surface area contributed by atoms with E-state index in [1.165, 1.54) is 13.1 Å². The second-order valence-electron chi connectivity index (χ2n) is 8.60. The summed E-state index contributed by atoms with van der Waals surface area (Å²) in [5.41, 5.74) is 1.84. The van der Waals surface area contributed by atoms with Crippen LogP contribution in [-0.4, -0.2) is 59.1 Å². The van der Waals surface area contributed by atoms with Crippen molar-refractivity contribution in [2.75, 3.05) is 25.0 Å². The van der Waals surface area contributed by atoms with Crippen LogP contribution in [0.3, 0.4) is 0 Å². The van der Waals surface area contributed by atoms with E-state index in [1.807, 2.05) is 4.90 Å². The zero-order valence-corrected chi connectivity index (χ0v) is 20.2. The summed E-state index contributed by atoms with van der Waals surface area (Å²) in [4.78, 5) is 22.6. The van der Waals surface area contributed by atoms with Crippen LogP contribution >= 0.6 is 0 Å². The summed E-state index contributed by atoms with van der Waals surface area (Å²) in [6.45, 7) is 6.61. The van der Waals surface area contributed by atoms with Crippen LogP contribution in [0.1, 0.15) is 68.7 Å². The SMILES string of the molecule is CC=N/C(=C\C(=N)C(C)(F)F)CN1CCc2c(NCCC(F)(F)CCC)cc(C(C)=O)nc2C1. The second-order valence-corrected chi connectivity index (χ2v) is 8.60. The highest BCUT2D eigenvalue weighted by Crippen LogP contribution is 2.29. The Bertz CT molecular complexity index is 953. The first-order valence-corrected chi connectivity index (χ1v) is 11.4. The lowest BCUT2D eigenvalue weighted by molar-refractivity contribution is -0.0132. The molecule has 0 atom stereocenters. The molecule has 0 saturated carbocycles. The molecule has 2 heterocycles. The third-order valence-corrected chi connectivity index (χ3v) is 5.51. The van der Waals surface area contributed by atoms with E-state index in [0.717, 1.165) is 11.6 Å². The van der Waals surface area contributed by atoms with Gasteiger partial charge in [0.1, 0.15) is 11.4 Å². The van der Waals surface area contributed by atoms with Crippen LogP contribution in [0, 0.1) is 5.41 Å². The lowest BCUT2D eigenvalue weighted by Crippen LogP contribution is -2.34. The molecule has 34 heavy (non-hydrogen) atoms. The van der Waals surface area contributed by atoms with Gasteiger partial charge in [0.2, 0.25) is 5.92 Å². The molecule has 2 N–H and O–H groups in total. The molecule has 1 aromatic heterocycles. The first-order chi connectivity index (χ1) is 15.9. The molecule has 0 unspecified atom stereocenters. The van der Waals surface area contributed by atoms with E-state index in [4.69, 9.17) is 5.41 Å². The Morgan fingerprint density at radius 2 is 2.03 bits per heavy atom. The number of carbonyl (C=O) groups excluding carboxylic acids is 1. The lowest BCUT2D eigenvalue weighted by Gasteiger charge is -2.30. The lowest BCUT2D eigenvalue weighted by atomic mass is 10.0. The van der Waals surface area contributed by atoms with Gasteiger partial charge in [-0.2, -0.15) is 8.78 Å². The number of nitrogens with one attached hydrogen (secondary N) is 2. The number of pyridine rings is 1. The van der Waals surface area contributed by atoms with Crippen LogP contribution in [0.25, 0.3) is 0 Å². The Morgan fingerprint density at radius 3 is 2.62 bits per heavy atom. The third kappa shape index (κ3) is 8.00. The molecule has 1 aliphatic rings. The van der Waals surface area contributed by atoms with Crippen LogP contribution in [0.4, 0.5) is 23.2 Å². The molecule has 0 aliphatic carbocycles. The van der Waals surface area contributed by atoms with E-state index in [0.29, 0.717) is 49.9 Å². The molecule has 0 bridgehead atoms. The van der Waals surface area contributed by atoms with Crippen LogP contribution in [-0.2, 0) is 13.0 Å². The highest BCUT2D eigenvalue weighted by molar-refractivity contribution is 5.98. The van der Waals surface area contributed by atoms with Crippen LogP contribution in [0.2, 0.25) is 0 Å². The summed E-state index contributed by atoms with van der Waals surface area (Å²) >= 11 is 0. The molecule has 0 aromatic carbocycles. The van der Waals surface area contributed by atoms with Crippen molar-refractivity contribution < 1.29 is 22.4 Å². The van der Waals surface area contributed by atoms with Crippen LogP contribution in [0.15, 0.2) is 22.8 Å². The Labute approximate surface area is 198 Å². The van der Waals surface area contributed by atoms with Gasteiger partial charge in [0.05, 0.1) is 11.4 Å². The molecule has 0 spiro atoms. The number of aromatic nitrogens is 1. The van der Waals surface area contributed by atoms with Gasteiger partial charge < -0.3 is 5.32 Å². The summed E-state index contributed by atoms with van der Waals surface area (Å²) in [5, 5.41) is 10.7. The standard InChI is InChI=1S/C24H33F4N5O/c1-5-8-24(27,28)9-10-31-20-13-19(16(3)34)32-21-15-33(11-7-18(20)21)14-17(30-6-2)12-22(29)23(4,25)26/h6,12-13,29H,5,7-11,14-15H2,1-4H3,(H,31,32)/b17-12-,29-22?,30-6?. The van der Waals surface area contributed by atoms with Gasteiger partial charge in [-0.05, 0) is 31.1 Å². The van der Waals surface area contributed by atoms with Crippen LogP contribution in [0.5, 0.6) is 0 Å². The van der Waals surface area contributed by atoms with E-state index in [9.17, 15) is 22.4 Å². The number of hydrogen-bond donors (Lipinski definition) is 2. The molecule has 1 aromatic rings. The average Bonchev–Trinajstić information content (AvgIpc) is 2.72. The summed E-state index contributed by atoms with van der Waals surface area (Å²) in [5.74, 6) is -6.26. The van der Waals surface area contributed by atoms with Gasteiger partial charge >= 0.3 is 0 Å². The number of fused-ring (bicyclic) bond motifs is 1. The molecule has 2 rings (SSSR count). The zero-order chi connectivity index (χ0) is 25.5. The van der Waals surface area contributed by atoms with E-state index < -0.39 is 17.6 Å². The molecule has 6 nitrogen and oxygen atoms in total. The first kappa shape index (κ1) is 27.6. The fourth-order valence-corrected chi connectivity index (χ4v) is 3.75. The van der Waals surface area contributed by atoms with Gasteiger partial charge in [0, 0.05) is 64.8 Å². The Morgan fingerprint density at radius 1 is 1.32 bits per heavy atom. The van der Waals surface area contributed by atoms with E-state index in [1.54, 1.807) is 19.9 Å². The number of allylic oxidation sites excluding steroid dienone is 1. The number of alkyl halides is 4. The highest BCUT2D eigenvalue weighted by Gasteiger charge is 2.29. The molecular weight excluding hydrogens is 450 g/mol. The van der Waals surface area contributed by atoms with Crippen LogP contribution < -0.4 is 5.32 Å². The number of rotatable bonds is 12. The van der Waals surface area contributed by atoms with Crippen molar-refractivity contribution >= 4 is 23.4 Å². The van der Waals surface area contributed by atoms with Gasteiger partial charge in [-0.3, -0.25) is 20.1 Å². The third-order valence-electron chi connectivity index (χ3n) is 5.51. The number of anilines is 1. The van der Waals surface area contributed by atoms with Gasteiger partial charge in [0.25, 0.3) is 5.92 Å². The Kier molecular flexibility index (Phi) is 9.49.